The summed E-state index contributed by atoms with van der Waals surface area (Å²) in [5, 5.41) is 5.38. The second kappa shape index (κ2) is 8.56. The van der Waals surface area contributed by atoms with Crippen molar-refractivity contribution in [2.45, 2.75) is 51.9 Å². The van der Waals surface area contributed by atoms with E-state index < -0.39 is 0 Å². The van der Waals surface area contributed by atoms with Gasteiger partial charge >= 0.3 is 0 Å². The van der Waals surface area contributed by atoms with Crippen molar-refractivity contribution in [2.75, 3.05) is 5.32 Å². The van der Waals surface area contributed by atoms with Gasteiger partial charge in [-0.25, -0.2) is 4.98 Å². The fourth-order valence-electron chi connectivity index (χ4n) is 3.19. The van der Waals surface area contributed by atoms with Gasteiger partial charge in [-0.1, -0.05) is 31.9 Å². The third kappa shape index (κ3) is 5.11. The Morgan fingerprint density at radius 3 is 3.08 bits per heavy atom. The summed E-state index contributed by atoms with van der Waals surface area (Å²) in [6.45, 7) is 3.22. The maximum Gasteiger partial charge on any atom is 0.275 e. The average Bonchev–Trinajstić information content (AvgIpc) is 3.10. The lowest BCUT2D eigenvalue weighted by molar-refractivity contribution is 0.00468. The highest BCUT2D eigenvalue weighted by atomic mass is 32.1. The van der Waals surface area contributed by atoms with E-state index >= 15 is 0 Å². The van der Waals surface area contributed by atoms with Crippen molar-refractivity contribution in [3.63, 3.8) is 0 Å². The number of carbonyl (C=O) groups is 1. The molecule has 134 valence electrons. The van der Waals surface area contributed by atoms with Gasteiger partial charge in [0.25, 0.3) is 5.91 Å². The van der Waals surface area contributed by atoms with E-state index in [-0.39, 0.29) is 5.91 Å². The van der Waals surface area contributed by atoms with E-state index in [4.69, 9.17) is 10.5 Å². The van der Waals surface area contributed by atoms with E-state index in [1.807, 2.05) is 24.3 Å². The number of benzene rings is 1. The first kappa shape index (κ1) is 18.0. The lowest BCUT2D eigenvalue weighted by atomic mass is 9.89. The largest absolute Gasteiger partial charge is 0.374 e. The van der Waals surface area contributed by atoms with Gasteiger partial charge in [0, 0.05) is 17.6 Å². The minimum Gasteiger partial charge on any atom is -0.374 e. The van der Waals surface area contributed by atoms with Gasteiger partial charge in [-0.3, -0.25) is 4.79 Å². The first-order valence-corrected chi connectivity index (χ1v) is 9.68. The van der Waals surface area contributed by atoms with Gasteiger partial charge in [0.1, 0.15) is 10.7 Å². The van der Waals surface area contributed by atoms with Crippen molar-refractivity contribution in [3.05, 3.63) is 45.9 Å². The topological polar surface area (TPSA) is 77.2 Å². The van der Waals surface area contributed by atoms with Crippen LogP contribution in [0.1, 0.15) is 53.7 Å². The first-order chi connectivity index (χ1) is 12.1. The van der Waals surface area contributed by atoms with Crippen LogP contribution in [0.4, 0.5) is 5.69 Å². The van der Waals surface area contributed by atoms with Gasteiger partial charge in [-0.15, -0.1) is 11.3 Å². The van der Waals surface area contributed by atoms with Gasteiger partial charge < -0.3 is 15.8 Å². The highest BCUT2D eigenvalue weighted by molar-refractivity contribution is 7.09. The summed E-state index contributed by atoms with van der Waals surface area (Å²) in [6.07, 6.45) is 5.20. The first-order valence-electron chi connectivity index (χ1n) is 8.80. The number of aromatic nitrogens is 1. The normalized spacial score (nSPS) is 20.4. The Hall–Kier alpha value is -1.76. The molecule has 0 bridgehead atoms. The molecule has 0 spiro atoms. The molecule has 2 atom stereocenters. The molecule has 6 heteroatoms. The van der Waals surface area contributed by atoms with Crippen LogP contribution >= 0.6 is 11.3 Å². The molecular weight excluding hydrogens is 334 g/mol. The van der Waals surface area contributed by atoms with E-state index in [1.54, 1.807) is 5.38 Å². The molecule has 1 aromatic carbocycles. The Labute approximate surface area is 152 Å². The Balaban J connectivity index is 1.56. The number of hydrogen-bond acceptors (Lipinski definition) is 5. The molecule has 2 unspecified atom stereocenters. The molecule has 5 nitrogen and oxygen atoms in total. The van der Waals surface area contributed by atoms with Crippen molar-refractivity contribution >= 4 is 22.9 Å². The number of amides is 1. The number of nitrogens with zero attached hydrogens (tertiary/aromatic N) is 1. The average molecular weight is 359 g/mol. The van der Waals surface area contributed by atoms with Crippen LogP contribution in [0, 0.1) is 5.92 Å². The van der Waals surface area contributed by atoms with Crippen molar-refractivity contribution in [1.82, 2.24) is 4.98 Å². The van der Waals surface area contributed by atoms with Crippen LogP contribution in [0.3, 0.4) is 0 Å². The zero-order valence-corrected chi connectivity index (χ0v) is 15.3. The molecule has 25 heavy (non-hydrogen) atoms. The monoisotopic (exact) mass is 359 g/mol. The van der Waals surface area contributed by atoms with Gasteiger partial charge in [0.15, 0.2) is 0 Å². The van der Waals surface area contributed by atoms with Gasteiger partial charge in [-0.05, 0) is 36.5 Å². The molecule has 1 aliphatic rings. The molecule has 3 rings (SSSR count). The number of carbonyl (C=O) groups excluding carboxylic acids is 1. The van der Waals surface area contributed by atoms with Crippen LogP contribution in [0.15, 0.2) is 29.6 Å². The lowest BCUT2D eigenvalue weighted by Crippen LogP contribution is -2.21. The number of rotatable bonds is 6. The van der Waals surface area contributed by atoms with E-state index in [2.05, 4.69) is 17.2 Å². The maximum atomic E-state index is 12.3. The SMILES string of the molecule is CC1CCCC(OCc2cccc(NC(=O)c3csc(CN)n3)c2)C1. The molecular formula is C19H25N3O2S. The summed E-state index contributed by atoms with van der Waals surface area (Å²) < 4.78 is 6.06. The van der Waals surface area contributed by atoms with Crippen LogP contribution in [0.25, 0.3) is 0 Å². The summed E-state index contributed by atoms with van der Waals surface area (Å²) in [5.41, 5.74) is 7.77. The zero-order valence-electron chi connectivity index (χ0n) is 14.5. The summed E-state index contributed by atoms with van der Waals surface area (Å²) in [7, 11) is 0. The second-order valence-corrected chi connectivity index (χ2v) is 7.63. The molecule has 0 aliphatic heterocycles. The molecule has 1 amide bonds. The van der Waals surface area contributed by atoms with E-state index in [0.29, 0.717) is 24.9 Å². The number of nitrogens with two attached hydrogens (primary N) is 1. The highest BCUT2D eigenvalue weighted by Crippen LogP contribution is 2.26. The Morgan fingerprint density at radius 2 is 2.32 bits per heavy atom. The van der Waals surface area contributed by atoms with E-state index in [9.17, 15) is 4.79 Å². The Kier molecular flexibility index (Phi) is 6.18. The van der Waals surface area contributed by atoms with Crippen molar-refractivity contribution < 1.29 is 9.53 Å². The summed E-state index contributed by atoms with van der Waals surface area (Å²) >= 11 is 1.40. The second-order valence-electron chi connectivity index (χ2n) is 6.69. The standard InChI is InChI=1S/C19H25N3O2S/c1-13-4-2-7-16(8-13)24-11-14-5-3-6-15(9-14)21-19(23)17-12-25-18(10-20)22-17/h3,5-6,9,12-13,16H,2,4,7-8,10-11,20H2,1H3,(H,21,23). The van der Waals surface area contributed by atoms with Gasteiger partial charge in [0.05, 0.1) is 12.7 Å². The third-order valence-electron chi connectivity index (χ3n) is 4.52. The highest BCUT2D eigenvalue weighted by Gasteiger charge is 2.19. The predicted octanol–water partition coefficient (Wildman–Crippen LogP) is 3.95. The quantitative estimate of drug-likeness (QED) is 0.819. The molecule has 1 fully saturated rings. The predicted molar refractivity (Wildman–Crippen MR) is 101 cm³/mol. The van der Waals surface area contributed by atoms with Crippen molar-refractivity contribution in [1.29, 1.82) is 0 Å². The summed E-state index contributed by atoms with van der Waals surface area (Å²) in [6, 6.07) is 7.79. The molecule has 2 aromatic rings. The van der Waals surface area contributed by atoms with Crippen molar-refractivity contribution in [3.8, 4) is 0 Å². The Morgan fingerprint density at radius 1 is 1.44 bits per heavy atom. The number of nitrogens with one attached hydrogen (secondary N) is 1. The minimum atomic E-state index is -0.213. The van der Waals surface area contributed by atoms with Crippen LogP contribution < -0.4 is 11.1 Å². The van der Waals surface area contributed by atoms with Gasteiger partial charge in [0.2, 0.25) is 0 Å². The molecule has 1 heterocycles. The van der Waals surface area contributed by atoms with Gasteiger partial charge in [-0.2, -0.15) is 0 Å². The molecule has 1 aliphatic carbocycles. The number of thiazole rings is 1. The molecule has 3 N–H and O–H groups in total. The number of anilines is 1. The molecule has 0 saturated heterocycles. The third-order valence-corrected chi connectivity index (χ3v) is 5.39. The molecule has 1 aromatic heterocycles. The fraction of sp³-hybridized carbons (Fsp3) is 0.474. The number of hydrogen-bond donors (Lipinski definition) is 2. The van der Waals surface area contributed by atoms with Crippen LogP contribution in [-0.2, 0) is 17.9 Å². The molecule has 1 saturated carbocycles. The number of ether oxygens (including phenoxy) is 1. The molecule has 0 radical (unpaired) electrons. The van der Waals surface area contributed by atoms with Crippen LogP contribution in [0.2, 0.25) is 0 Å². The fourth-order valence-corrected chi connectivity index (χ4v) is 3.84. The lowest BCUT2D eigenvalue weighted by Gasteiger charge is -2.26. The van der Waals surface area contributed by atoms with Crippen molar-refractivity contribution in [2.24, 2.45) is 11.7 Å². The van der Waals surface area contributed by atoms with E-state index in [0.717, 1.165) is 35.0 Å². The zero-order chi connectivity index (χ0) is 17.6. The van der Waals surface area contributed by atoms with Crippen LogP contribution in [0.5, 0.6) is 0 Å². The Bertz CT molecular complexity index is 716. The van der Waals surface area contributed by atoms with Crippen LogP contribution in [-0.4, -0.2) is 17.0 Å². The smallest absolute Gasteiger partial charge is 0.275 e. The summed E-state index contributed by atoms with van der Waals surface area (Å²) in [4.78, 5) is 16.5. The van der Waals surface area contributed by atoms with E-state index in [1.165, 1.54) is 24.2 Å². The minimum absolute atomic E-state index is 0.213. The summed E-state index contributed by atoms with van der Waals surface area (Å²) in [5.74, 6) is 0.538. The maximum absolute atomic E-state index is 12.3.